The minimum absolute atomic E-state index is 0.0788. The molecule has 3 heteroatoms. The van der Waals surface area contributed by atoms with E-state index in [0.717, 1.165) is 32.1 Å². The van der Waals surface area contributed by atoms with Gasteiger partial charge in [0, 0.05) is 18.8 Å². The van der Waals surface area contributed by atoms with Crippen LogP contribution in [0, 0.1) is 23.2 Å². The van der Waals surface area contributed by atoms with Crippen molar-refractivity contribution in [2.24, 2.45) is 23.2 Å². The monoisotopic (exact) mass is 326 g/mol. The summed E-state index contributed by atoms with van der Waals surface area (Å²) in [6, 6.07) is 6.15. The molecule has 2 saturated carbocycles. The first-order valence-electron chi connectivity index (χ1n) is 9.24. The Morgan fingerprint density at radius 1 is 1.29 bits per heavy atom. The van der Waals surface area contributed by atoms with E-state index in [9.17, 15) is 9.59 Å². The molecule has 5 atom stereocenters. The van der Waals surface area contributed by atoms with Crippen molar-refractivity contribution in [3.05, 3.63) is 29.3 Å². The van der Waals surface area contributed by atoms with Crippen LogP contribution in [0.25, 0.3) is 0 Å². The first-order chi connectivity index (χ1) is 11.4. The molecule has 2 fully saturated rings. The van der Waals surface area contributed by atoms with E-state index in [1.807, 2.05) is 6.07 Å². The van der Waals surface area contributed by atoms with Crippen molar-refractivity contribution in [3.8, 4) is 5.75 Å². The van der Waals surface area contributed by atoms with Crippen molar-refractivity contribution in [2.75, 3.05) is 0 Å². The molecule has 0 unspecified atom stereocenters. The Labute approximate surface area is 143 Å². The van der Waals surface area contributed by atoms with E-state index in [4.69, 9.17) is 4.74 Å². The van der Waals surface area contributed by atoms with E-state index < -0.39 is 0 Å². The molecule has 0 heterocycles. The first kappa shape index (κ1) is 15.9. The standard InChI is InChI=1S/C21H26O3/c1-12-10-14-11-15(24-13(2)22)4-5-16(14)17-8-9-21(3)18(20(12)17)6-7-19(21)23/h4-5,11-12,17-18,20H,6-10H2,1-3H3/t12-,17-,18+,20-,21+/m1/s1. The van der Waals surface area contributed by atoms with Crippen LogP contribution in [0.15, 0.2) is 18.2 Å². The normalized spacial score (nSPS) is 37.4. The fourth-order valence-electron chi connectivity index (χ4n) is 5.96. The summed E-state index contributed by atoms with van der Waals surface area (Å²) in [6.07, 6.45) is 4.99. The maximum absolute atomic E-state index is 12.5. The summed E-state index contributed by atoms with van der Waals surface area (Å²) < 4.78 is 5.27. The number of ether oxygens (including phenoxy) is 1. The minimum Gasteiger partial charge on any atom is -0.427 e. The summed E-state index contributed by atoms with van der Waals surface area (Å²) in [4.78, 5) is 23.7. The number of ketones is 1. The topological polar surface area (TPSA) is 43.4 Å². The highest BCUT2D eigenvalue weighted by molar-refractivity contribution is 5.87. The van der Waals surface area contributed by atoms with Crippen molar-refractivity contribution in [1.29, 1.82) is 0 Å². The van der Waals surface area contributed by atoms with Gasteiger partial charge in [0.15, 0.2) is 0 Å². The van der Waals surface area contributed by atoms with Gasteiger partial charge in [0.1, 0.15) is 11.5 Å². The average molecular weight is 326 g/mol. The number of benzene rings is 1. The molecular formula is C21H26O3. The van der Waals surface area contributed by atoms with E-state index in [0.29, 0.717) is 35.2 Å². The summed E-state index contributed by atoms with van der Waals surface area (Å²) in [5, 5.41) is 0. The molecule has 0 saturated heterocycles. The van der Waals surface area contributed by atoms with Gasteiger partial charge in [-0.05, 0) is 72.6 Å². The molecule has 0 aromatic heterocycles. The average Bonchev–Trinajstić information content (AvgIpc) is 2.82. The number of carbonyl (C=O) groups excluding carboxylic acids is 2. The van der Waals surface area contributed by atoms with E-state index in [1.165, 1.54) is 18.1 Å². The second-order valence-corrected chi connectivity index (χ2v) is 8.34. The molecule has 0 spiro atoms. The number of hydrogen-bond acceptors (Lipinski definition) is 3. The van der Waals surface area contributed by atoms with Crippen molar-refractivity contribution in [2.45, 2.75) is 58.8 Å². The maximum Gasteiger partial charge on any atom is 0.308 e. The molecule has 3 aliphatic carbocycles. The van der Waals surface area contributed by atoms with Crippen LogP contribution in [0.4, 0.5) is 0 Å². The lowest BCUT2D eigenvalue weighted by Crippen LogP contribution is -2.45. The SMILES string of the molecule is CC(=O)Oc1ccc2c(c1)C[C@@H](C)[C@@H]1[C@@H]2CC[C@]2(C)C(=O)CC[C@@H]12. The zero-order chi connectivity index (χ0) is 17.1. The molecule has 128 valence electrons. The second-order valence-electron chi connectivity index (χ2n) is 8.34. The van der Waals surface area contributed by atoms with Crippen LogP contribution in [0.5, 0.6) is 5.75 Å². The van der Waals surface area contributed by atoms with Gasteiger partial charge in [0.25, 0.3) is 0 Å². The highest BCUT2D eigenvalue weighted by Gasteiger charge is 2.56. The zero-order valence-corrected chi connectivity index (χ0v) is 14.8. The molecule has 24 heavy (non-hydrogen) atoms. The van der Waals surface area contributed by atoms with Crippen molar-refractivity contribution in [3.63, 3.8) is 0 Å². The quantitative estimate of drug-likeness (QED) is 0.571. The summed E-state index contributed by atoms with van der Waals surface area (Å²) in [7, 11) is 0. The predicted molar refractivity (Wildman–Crippen MR) is 91.9 cm³/mol. The summed E-state index contributed by atoms with van der Waals surface area (Å²) in [5.41, 5.74) is 2.68. The predicted octanol–water partition coefficient (Wildman–Crippen LogP) is 4.28. The van der Waals surface area contributed by atoms with Crippen LogP contribution >= 0.6 is 0 Å². The van der Waals surface area contributed by atoms with Gasteiger partial charge in [-0.3, -0.25) is 9.59 Å². The van der Waals surface area contributed by atoms with Crippen LogP contribution in [0.1, 0.15) is 63.5 Å². The van der Waals surface area contributed by atoms with Crippen LogP contribution < -0.4 is 4.74 Å². The van der Waals surface area contributed by atoms with Crippen LogP contribution in [0.3, 0.4) is 0 Å². The maximum atomic E-state index is 12.5. The Hall–Kier alpha value is -1.64. The van der Waals surface area contributed by atoms with Crippen LogP contribution in [0.2, 0.25) is 0 Å². The number of carbonyl (C=O) groups is 2. The van der Waals surface area contributed by atoms with Gasteiger partial charge in [-0.25, -0.2) is 0 Å². The second kappa shape index (κ2) is 5.44. The molecule has 0 amide bonds. The molecule has 0 aliphatic heterocycles. The van der Waals surface area contributed by atoms with Crippen molar-refractivity contribution < 1.29 is 14.3 Å². The molecule has 0 bridgehead atoms. The van der Waals surface area contributed by atoms with Gasteiger partial charge >= 0.3 is 5.97 Å². The Bertz CT molecular complexity index is 707. The summed E-state index contributed by atoms with van der Waals surface area (Å²) in [5.74, 6) is 3.17. The Kier molecular flexibility index (Phi) is 3.59. The lowest BCUT2D eigenvalue weighted by atomic mass is 9.53. The van der Waals surface area contributed by atoms with E-state index in [-0.39, 0.29) is 11.4 Å². The number of fused-ring (bicyclic) bond motifs is 5. The fraction of sp³-hybridized carbons (Fsp3) is 0.619. The van der Waals surface area contributed by atoms with Gasteiger partial charge in [-0.2, -0.15) is 0 Å². The van der Waals surface area contributed by atoms with Gasteiger partial charge in [-0.1, -0.05) is 19.9 Å². The summed E-state index contributed by atoms with van der Waals surface area (Å²) in [6.45, 7) is 6.00. The third kappa shape index (κ3) is 2.24. The van der Waals surface area contributed by atoms with Crippen molar-refractivity contribution in [1.82, 2.24) is 0 Å². The van der Waals surface area contributed by atoms with Gasteiger partial charge < -0.3 is 4.74 Å². The highest BCUT2D eigenvalue weighted by Crippen LogP contribution is 2.60. The molecule has 0 N–H and O–H groups in total. The highest BCUT2D eigenvalue weighted by atomic mass is 16.5. The molecular weight excluding hydrogens is 300 g/mol. The largest absolute Gasteiger partial charge is 0.427 e. The van der Waals surface area contributed by atoms with E-state index in [1.54, 1.807) is 0 Å². The Morgan fingerprint density at radius 2 is 2.08 bits per heavy atom. The van der Waals surface area contributed by atoms with Gasteiger partial charge in [0.2, 0.25) is 0 Å². The van der Waals surface area contributed by atoms with E-state index >= 15 is 0 Å². The van der Waals surface area contributed by atoms with Gasteiger partial charge in [0.05, 0.1) is 0 Å². The number of Topliss-reactive ketones (excluding diaryl/α,β-unsaturated/α-hetero) is 1. The molecule has 1 aromatic carbocycles. The molecule has 0 radical (unpaired) electrons. The van der Waals surface area contributed by atoms with Gasteiger partial charge in [-0.15, -0.1) is 0 Å². The fourth-order valence-corrected chi connectivity index (χ4v) is 5.96. The Morgan fingerprint density at radius 3 is 2.83 bits per heavy atom. The lowest BCUT2D eigenvalue weighted by molar-refractivity contribution is -0.132. The third-order valence-corrected chi connectivity index (χ3v) is 7.02. The molecule has 3 nitrogen and oxygen atoms in total. The van der Waals surface area contributed by atoms with Crippen LogP contribution in [-0.4, -0.2) is 11.8 Å². The molecule has 3 aliphatic rings. The Balaban J connectivity index is 1.70. The number of hydrogen-bond donors (Lipinski definition) is 0. The minimum atomic E-state index is -0.269. The van der Waals surface area contributed by atoms with Crippen LogP contribution in [-0.2, 0) is 16.0 Å². The summed E-state index contributed by atoms with van der Waals surface area (Å²) >= 11 is 0. The number of rotatable bonds is 1. The van der Waals surface area contributed by atoms with E-state index in [2.05, 4.69) is 26.0 Å². The molecule has 1 aromatic rings. The smallest absolute Gasteiger partial charge is 0.308 e. The third-order valence-electron chi connectivity index (χ3n) is 7.02. The lowest BCUT2D eigenvalue weighted by Gasteiger charge is -2.51. The first-order valence-corrected chi connectivity index (χ1v) is 9.24. The zero-order valence-electron chi connectivity index (χ0n) is 14.8. The molecule has 4 rings (SSSR count). The number of esters is 1. The van der Waals surface area contributed by atoms with Crippen molar-refractivity contribution >= 4 is 11.8 Å².